The molecule has 20 heavy (non-hydrogen) atoms. The van der Waals surface area contributed by atoms with Gasteiger partial charge in [0.25, 0.3) is 0 Å². The standard InChI is InChI=1S/C15H20BrN3O/c1-12-3-5-13(6-4-12)7-8-14-17-18-15(11-16)19(14)9-10-20-2/h3-6H,7-11H2,1-2H3. The number of alkyl halides is 1. The number of rotatable bonds is 7. The molecule has 0 fully saturated rings. The van der Waals surface area contributed by atoms with Crippen LogP contribution >= 0.6 is 15.9 Å². The van der Waals surface area contributed by atoms with Gasteiger partial charge in [-0.05, 0) is 18.9 Å². The number of aryl methyl sites for hydroxylation is 3. The van der Waals surface area contributed by atoms with Crippen molar-refractivity contribution in [2.24, 2.45) is 0 Å². The lowest BCUT2D eigenvalue weighted by Crippen LogP contribution is -2.11. The second-order valence-electron chi connectivity index (χ2n) is 4.80. The number of benzene rings is 1. The number of ether oxygens (including phenoxy) is 1. The van der Waals surface area contributed by atoms with Crippen molar-refractivity contribution in [2.45, 2.75) is 31.6 Å². The van der Waals surface area contributed by atoms with Crippen molar-refractivity contribution >= 4 is 15.9 Å². The lowest BCUT2D eigenvalue weighted by Gasteiger charge is -2.08. The van der Waals surface area contributed by atoms with Gasteiger partial charge in [-0.3, -0.25) is 0 Å². The van der Waals surface area contributed by atoms with Gasteiger partial charge in [-0.1, -0.05) is 45.8 Å². The third-order valence-corrected chi connectivity index (χ3v) is 3.80. The first-order chi connectivity index (χ1) is 9.74. The predicted molar refractivity (Wildman–Crippen MR) is 83.1 cm³/mol. The molecule has 0 atom stereocenters. The van der Waals surface area contributed by atoms with E-state index in [2.05, 4.69) is 61.9 Å². The zero-order valence-electron chi connectivity index (χ0n) is 12.0. The smallest absolute Gasteiger partial charge is 0.143 e. The van der Waals surface area contributed by atoms with Gasteiger partial charge in [0.1, 0.15) is 11.6 Å². The second kappa shape index (κ2) is 7.55. The van der Waals surface area contributed by atoms with E-state index in [9.17, 15) is 0 Å². The summed E-state index contributed by atoms with van der Waals surface area (Å²) in [6, 6.07) is 8.65. The molecule has 2 rings (SSSR count). The average molecular weight is 338 g/mol. The fourth-order valence-electron chi connectivity index (χ4n) is 2.11. The quantitative estimate of drug-likeness (QED) is 0.729. The number of halogens is 1. The molecule has 0 amide bonds. The van der Waals surface area contributed by atoms with Crippen LogP contribution in [0.2, 0.25) is 0 Å². The molecule has 0 saturated heterocycles. The van der Waals surface area contributed by atoms with Crippen LogP contribution < -0.4 is 0 Å². The summed E-state index contributed by atoms with van der Waals surface area (Å²) in [6.45, 7) is 3.58. The average Bonchev–Trinajstić information content (AvgIpc) is 2.86. The zero-order chi connectivity index (χ0) is 14.4. The number of methoxy groups -OCH3 is 1. The van der Waals surface area contributed by atoms with Crippen molar-refractivity contribution in [1.29, 1.82) is 0 Å². The monoisotopic (exact) mass is 337 g/mol. The van der Waals surface area contributed by atoms with Crippen LogP contribution in [0.4, 0.5) is 0 Å². The first kappa shape index (κ1) is 15.2. The van der Waals surface area contributed by atoms with Crippen molar-refractivity contribution in [3.63, 3.8) is 0 Å². The summed E-state index contributed by atoms with van der Waals surface area (Å²) in [5.41, 5.74) is 2.62. The van der Waals surface area contributed by atoms with Gasteiger partial charge in [0.05, 0.1) is 11.9 Å². The molecular weight excluding hydrogens is 318 g/mol. The lowest BCUT2D eigenvalue weighted by molar-refractivity contribution is 0.185. The largest absolute Gasteiger partial charge is 0.383 e. The van der Waals surface area contributed by atoms with Crippen molar-refractivity contribution < 1.29 is 4.74 Å². The number of nitrogens with zero attached hydrogens (tertiary/aromatic N) is 3. The summed E-state index contributed by atoms with van der Waals surface area (Å²) in [4.78, 5) is 0. The Balaban J connectivity index is 2.04. The van der Waals surface area contributed by atoms with Gasteiger partial charge in [0.15, 0.2) is 0 Å². The maximum absolute atomic E-state index is 5.15. The van der Waals surface area contributed by atoms with Crippen LogP contribution in [0.1, 0.15) is 22.8 Å². The fourth-order valence-corrected chi connectivity index (χ4v) is 2.52. The van der Waals surface area contributed by atoms with Gasteiger partial charge < -0.3 is 9.30 Å². The van der Waals surface area contributed by atoms with Crippen LogP contribution in [0.5, 0.6) is 0 Å². The van der Waals surface area contributed by atoms with E-state index in [1.54, 1.807) is 7.11 Å². The molecule has 1 aromatic heterocycles. The Kier molecular flexibility index (Phi) is 5.73. The predicted octanol–water partition coefficient (Wildman–Crippen LogP) is 2.91. The van der Waals surface area contributed by atoms with Crippen LogP contribution in [-0.4, -0.2) is 28.5 Å². The van der Waals surface area contributed by atoms with Crippen LogP contribution in [0, 0.1) is 6.92 Å². The summed E-state index contributed by atoms with van der Waals surface area (Å²) in [7, 11) is 1.71. The maximum atomic E-state index is 5.15. The van der Waals surface area contributed by atoms with E-state index in [0.29, 0.717) is 11.9 Å². The van der Waals surface area contributed by atoms with Gasteiger partial charge in [-0.25, -0.2) is 0 Å². The van der Waals surface area contributed by atoms with Crippen molar-refractivity contribution in [3.05, 3.63) is 47.0 Å². The Bertz CT molecular complexity index is 537. The van der Waals surface area contributed by atoms with Gasteiger partial charge >= 0.3 is 0 Å². The fraction of sp³-hybridized carbons (Fsp3) is 0.467. The van der Waals surface area contributed by atoms with Crippen LogP contribution in [0.25, 0.3) is 0 Å². The normalized spacial score (nSPS) is 10.9. The summed E-state index contributed by atoms with van der Waals surface area (Å²) in [5, 5.41) is 9.24. The van der Waals surface area contributed by atoms with Crippen molar-refractivity contribution in [1.82, 2.24) is 14.8 Å². The molecular formula is C15H20BrN3O. The molecule has 5 heteroatoms. The first-order valence-corrected chi connectivity index (χ1v) is 7.88. The molecule has 108 valence electrons. The van der Waals surface area contributed by atoms with Crippen LogP contribution in [0.3, 0.4) is 0 Å². The Morgan fingerprint density at radius 1 is 1.10 bits per heavy atom. The molecule has 1 aromatic carbocycles. The minimum Gasteiger partial charge on any atom is -0.383 e. The SMILES string of the molecule is COCCn1c(CBr)nnc1CCc1ccc(C)cc1. The highest BCUT2D eigenvalue weighted by molar-refractivity contribution is 9.08. The number of hydrogen-bond acceptors (Lipinski definition) is 3. The molecule has 0 aliphatic heterocycles. The Morgan fingerprint density at radius 2 is 1.80 bits per heavy atom. The highest BCUT2D eigenvalue weighted by atomic mass is 79.9. The molecule has 0 radical (unpaired) electrons. The highest BCUT2D eigenvalue weighted by Gasteiger charge is 2.10. The van der Waals surface area contributed by atoms with E-state index >= 15 is 0 Å². The zero-order valence-corrected chi connectivity index (χ0v) is 13.6. The molecule has 1 heterocycles. The van der Waals surface area contributed by atoms with Crippen LogP contribution in [0.15, 0.2) is 24.3 Å². The summed E-state index contributed by atoms with van der Waals surface area (Å²) in [6.07, 6.45) is 1.88. The molecule has 4 nitrogen and oxygen atoms in total. The minimum absolute atomic E-state index is 0.676. The topological polar surface area (TPSA) is 39.9 Å². The Morgan fingerprint density at radius 3 is 2.45 bits per heavy atom. The van der Waals surface area contributed by atoms with Gasteiger partial charge in [-0.15, -0.1) is 10.2 Å². The van der Waals surface area contributed by atoms with E-state index in [4.69, 9.17) is 4.74 Å². The third-order valence-electron chi connectivity index (χ3n) is 3.30. The summed E-state index contributed by atoms with van der Waals surface area (Å²) in [5.74, 6) is 1.98. The van der Waals surface area contributed by atoms with Gasteiger partial charge in [-0.2, -0.15) is 0 Å². The van der Waals surface area contributed by atoms with E-state index in [1.807, 2.05) is 0 Å². The second-order valence-corrected chi connectivity index (χ2v) is 5.36. The van der Waals surface area contributed by atoms with Crippen LogP contribution in [-0.2, 0) is 29.5 Å². The third kappa shape index (κ3) is 3.90. The molecule has 0 aliphatic carbocycles. The number of aromatic nitrogens is 3. The molecule has 2 aromatic rings. The first-order valence-electron chi connectivity index (χ1n) is 6.76. The van der Waals surface area contributed by atoms with E-state index < -0.39 is 0 Å². The molecule has 0 aliphatic rings. The molecule has 0 unspecified atom stereocenters. The molecule has 0 saturated carbocycles. The van der Waals surface area contributed by atoms with Gasteiger partial charge in [0.2, 0.25) is 0 Å². The lowest BCUT2D eigenvalue weighted by atomic mass is 10.1. The Hall–Kier alpha value is -1.20. The summed E-state index contributed by atoms with van der Waals surface area (Å²) >= 11 is 3.45. The molecule has 0 bridgehead atoms. The molecule has 0 spiro atoms. The van der Waals surface area contributed by atoms with Crippen molar-refractivity contribution in [2.75, 3.05) is 13.7 Å². The minimum atomic E-state index is 0.676. The van der Waals surface area contributed by atoms with E-state index in [1.165, 1.54) is 11.1 Å². The van der Waals surface area contributed by atoms with E-state index in [-0.39, 0.29) is 0 Å². The number of hydrogen-bond donors (Lipinski definition) is 0. The summed E-state index contributed by atoms with van der Waals surface area (Å²) < 4.78 is 7.30. The van der Waals surface area contributed by atoms with Gasteiger partial charge in [0, 0.05) is 20.1 Å². The molecule has 0 N–H and O–H groups in total. The maximum Gasteiger partial charge on any atom is 0.143 e. The van der Waals surface area contributed by atoms with E-state index in [0.717, 1.165) is 31.0 Å². The Labute approximate surface area is 128 Å². The highest BCUT2D eigenvalue weighted by Crippen LogP contribution is 2.11. The van der Waals surface area contributed by atoms with Crippen molar-refractivity contribution in [3.8, 4) is 0 Å².